The first-order chi connectivity index (χ1) is 9.13. The van der Waals surface area contributed by atoms with Gasteiger partial charge in [-0.1, -0.05) is 26.0 Å². The Morgan fingerprint density at radius 1 is 1.20 bits per heavy atom. The minimum atomic E-state index is -4.39. The number of hydrogen-bond donors (Lipinski definition) is 0. The van der Waals surface area contributed by atoms with Crippen LogP contribution in [0.25, 0.3) is 0 Å². The predicted molar refractivity (Wildman–Crippen MR) is 74.0 cm³/mol. The van der Waals surface area contributed by atoms with Gasteiger partial charge in [0.15, 0.2) is 0 Å². The summed E-state index contributed by atoms with van der Waals surface area (Å²) in [7, 11) is 0. The van der Waals surface area contributed by atoms with Gasteiger partial charge in [-0.15, -0.1) is 0 Å². The Bertz CT molecular complexity index is 506. The third kappa shape index (κ3) is 2.97. The maximum Gasteiger partial charge on any atom is 0.406 e. The van der Waals surface area contributed by atoms with Gasteiger partial charge in [-0.2, -0.15) is 13.2 Å². The number of carbonyl (C=O) groups is 1. The van der Waals surface area contributed by atoms with Crippen molar-refractivity contribution >= 4 is 11.6 Å². The molecule has 1 amide bonds. The lowest BCUT2D eigenvalue weighted by atomic mass is 9.86. The molecule has 0 N–H and O–H groups in total. The molecule has 1 aromatic carbocycles. The Balaban J connectivity index is 0.000000956. The van der Waals surface area contributed by atoms with Crippen molar-refractivity contribution in [3.05, 3.63) is 29.3 Å². The van der Waals surface area contributed by atoms with Crippen LogP contribution in [-0.2, 0) is 10.2 Å². The Morgan fingerprint density at radius 3 is 2.25 bits per heavy atom. The lowest BCUT2D eigenvalue weighted by Crippen LogP contribution is -2.41. The average molecular weight is 287 g/mol. The van der Waals surface area contributed by atoms with Crippen molar-refractivity contribution in [2.24, 2.45) is 0 Å². The van der Waals surface area contributed by atoms with Crippen LogP contribution in [0.2, 0.25) is 0 Å². The molecule has 0 saturated heterocycles. The van der Waals surface area contributed by atoms with Gasteiger partial charge in [-0.05, 0) is 38.0 Å². The van der Waals surface area contributed by atoms with E-state index < -0.39 is 24.0 Å². The van der Waals surface area contributed by atoms with Crippen LogP contribution in [0, 0.1) is 6.92 Å². The minimum absolute atomic E-state index is 0.377. The van der Waals surface area contributed by atoms with Gasteiger partial charge >= 0.3 is 6.18 Å². The molecule has 112 valence electrons. The van der Waals surface area contributed by atoms with Crippen LogP contribution in [-0.4, -0.2) is 18.6 Å². The van der Waals surface area contributed by atoms with Crippen molar-refractivity contribution < 1.29 is 18.0 Å². The van der Waals surface area contributed by atoms with Gasteiger partial charge in [0.25, 0.3) is 0 Å². The summed E-state index contributed by atoms with van der Waals surface area (Å²) in [5.74, 6) is -0.500. The minimum Gasteiger partial charge on any atom is -0.302 e. The van der Waals surface area contributed by atoms with E-state index in [1.807, 2.05) is 19.9 Å². The van der Waals surface area contributed by atoms with E-state index in [9.17, 15) is 18.0 Å². The number of carbonyl (C=O) groups excluding carboxylic acids is 1. The molecule has 0 saturated carbocycles. The monoisotopic (exact) mass is 287 g/mol. The Morgan fingerprint density at radius 2 is 1.75 bits per heavy atom. The molecule has 2 nitrogen and oxygen atoms in total. The van der Waals surface area contributed by atoms with E-state index in [0.717, 1.165) is 10.5 Å². The molecular formula is C15H20F3NO. The highest BCUT2D eigenvalue weighted by atomic mass is 19.4. The van der Waals surface area contributed by atoms with Gasteiger partial charge in [0.2, 0.25) is 5.91 Å². The molecule has 0 bridgehead atoms. The van der Waals surface area contributed by atoms with Crippen molar-refractivity contribution in [3.63, 3.8) is 0 Å². The number of alkyl halides is 3. The van der Waals surface area contributed by atoms with E-state index in [0.29, 0.717) is 11.3 Å². The second-order valence-electron chi connectivity index (χ2n) is 5.15. The number of anilines is 1. The fourth-order valence-corrected chi connectivity index (χ4v) is 2.29. The molecule has 1 aliphatic rings. The van der Waals surface area contributed by atoms with Gasteiger partial charge in [0.1, 0.15) is 6.54 Å². The summed E-state index contributed by atoms with van der Waals surface area (Å²) < 4.78 is 37.6. The molecule has 1 aromatic rings. The number of nitrogens with zero attached hydrogens (tertiary/aromatic N) is 1. The topological polar surface area (TPSA) is 20.3 Å². The Labute approximate surface area is 117 Å². The van der Waals surface area contributed by atoms with E-state index in [-0.39, 0.29) is 0 Å². The quantitative estimate of drug-likeness (QED) is 0.757. The molecular weight excluding hydrogens is 267 g/mol. The van der Waals surface area contributed by atoms with Crippen LogP contribution < -0.4 is 4.90 Å². The number of aryl methyl sites for hydroxylation is 1. The fraction of sp³-hybridized carbons (Fsp3) is 0.533. The number of halogens is 3. The highest BCUT2D eigenvalue weighted by Crippen LogP contribution is 2.42. The molecule has 0 aromatic heterocycles. The Hall–Kier alpha value is -1.52. The van der Waals surface area contributed by atoms with E-state index >= 15 is 0 Å². The van der Waals surface area contributed by atoms with Crippen LogP contribution >= 0.6 is 0 Å². The summed E-state index contributed by atoms with van der Waals surface area (Å²) in [6.45, 7) is 7.87. The van der Waals surface area contributed by atoms with E-state index in [2.05, 4.69) is 0 Å². The maximum atomic E-state index is 12.5. The van der Waals surface area contributed by atoms with E-state index in [1.165, 1.54) is 0 Å². The summed E-state index contributed by atoms with van der Waals surface area (Å²) >= 11 is 0. The highest BCUT2D eigenvalue weighted by molar-refractivity contribution is 6.07. The van der Waals surface area contributed by atoms with Gasteiger partial charge in [0, 0.05) is 5.69 Å². The third-order valence-corrected chi connectivity index (χ3v) is 3.23. The van der Waals surface area contributed by atoms with Gasteiger partial charge in [-0.25, -0.2) is 0 Å². The normalized spacial score (nSPS) is 16.6. The molecule has 0 spiro atoms. The first-order valence-electron chi connectivity index (χ1n) is 6.63. The van der Waals surface area contributed by atoms with Gasteiger partial charge < -0.3 is 4.90 Å². The summed E-state index contributed by atoms with van der Waals surface area (Å²) in [5, 5.41) is 0. The van der Waals surface area contributed by atoms with Crippen molar-refractivity contribution in [3.8, 4) is 0 Å². The summed E-state index contributed by atoms with van der Waals surface area (Å²) in [4.78, 5) is 12.9. The molecule has 0 atom stereocenters. The number of fused-ring (bicyclic) bond motifs is 1. The third-order valence-electron chi connectivity index (χ3n) is 3.23. The van der Waals surface area contributed by atoms with Crippen LogP contribution in [0.5, 0.6) is 0 Å². The number of hydrogen-bond acceptors (Lipinski definition) is 1. The molecule has 1 heterocycles. The predicted octanol–water partition coefficient (Wildman–Crippen LogP) is 4.21. The van der Waals surface area contributed by atoms with Crippen LogP contribution in [0.3, 0.4) is 0 Å². The fourth-order valence-electron chi connectivity index (χ4n) is 2.29. The maximum absolute atomic E-state index is 12.5. The highest BCUT2D eigenvalue weighted by Gasteiger charge is 2.47. The van der Waals surface area contributed by atoms with Crippen molar-refractivity contribution in [1.29, 1.82) is 0 Å². The van der Waals surface area contributed by atoms with Gasteiger partial charge in [-0.3, -0.25) is 4.79 Å². The summed E-state index contributed by atoms with van der Waals surface area (Å²) in [5.41, 5.74) is 0.977. The number of amides is 1. The Kier molecular flexibility index (Phi) is 4.52. The molecule has 0 aliphatic carbocycles. The average Bonchev–Trinajstić information content (AvgIpc) is 2.51. The number of benzene rings is 1. The first kappa shape index (κ1) is 16.5. The standard InChI is InChI=1S/C13H14F3NO.C2H6/c1-8-4-5-9-10(6-8)17(7-13(14,15)16)11(18)12(9,2)3;1-2/h4-6H,7H2,1-3H3;1-2H3. The lowest BCUT2D eigenvalue weighted by molar-refractivity contribution is -0.134. The zero-order valence-corrected chi connectivity index (χ0v) is 12.4. The van der Waals surface area contributed by atoms with Crippen LogP contribution in [0.15, 0.2) is 18.2 Å². The van der Waals surface area contributed by atoms with Crippen molar-refractivity contribution in [1.82, 2.24) is 0 Å². The molecule has 0 unspecified atom stereocenters. The van der Waals surface area contributed by atoms with Gasteiger partial charge in [0.05, 0.1) is 5.41 Å². The molecule has 0 radical (unpaired) electrons. The second kappa shape index (κ2) is 5.46. The zero-order valence-electron chi connectivity index (χ0n) is 12.4. The summed E-state index contributed by atoms with van der Waals surface area (Å²) in [6.07, 6.45) is -4.39. The van der Waals surface area contributed by atoms with E-state index in [4.69, 9.17) is 0 Å². The SMILES string of the molecule is CC.Cc1ccc2c(c1)N(CC(F)(F)F)C(=O)C2(C)C. The van der Waals surface area contributed by atoms with E-state index in [1.54, 1.807) is 32.9 Å². The second-order valence-corrected chi connectivity index (χ2v) is 5.15. The van der Waals surface area contributed by atoms with Crippen LogP contribution in [0.4, 0.5) is 18.9 Å². The lowest BCUT2D eigenvalue weighted by Gasteiger charge is -2.21. The molecule has 20 heavy (non-hydrogen) atoms. The molecule has 1 aliphatic heterocycles. The first-order valence-corrected chi connectivity index (χ1v) is 6.63. The largest absolute Gasteiger partial charge is 0.406 e. The molecule has 5 heteroatoms. The van der Waals surface area contributed by atoms with Crippen LogP contribution in [0.1, 0.15) is 38.8 Å². The number of rotatable bonds is 1. The molecule has 0 fully saturated rings. The van der Waals surface area contributed by atoms with Crippen molar-refractivity contribution in [2.45, 2.75) is 46.2 Å². The smallest absolute Gasteiger partial charge is 0.302 e. The van der Waals surface area contributed by atoms with Crippen molar-refractivity contribution in [2.75, 3.05) is 11.4 Å². The zero-order chi connectivity index (χ0) is 15.7. The summed E-state index contributed by atoms with van der Waals surface area (Å²) in [6, 6.07) is 5.18. The molecule has 2 rings (SSSR count).